The predicted octanol–water partition coefficient (Wildman–Crippen LogP) is 0.575. The molecule has 0 radical (unpaired) electrons. The summed E-state index contributed by atoms with van der Waals surface area (Å²) in [6, 6.07) is -0.352. The molecule has 0 heterocycles. The van der Waals surface area contributed by atoms with E-state index < -0.39 is 5.97 Å². The Morgan fingerprint density at radius 2 is 2.06 bits per heavy atom. The van der Waals surface area contributed by atoms with Gasteiger partial charge in [0.25, 0.3) is 0 Å². The number of aliphatic carboxylic acids is 1. The molecule has 0 bridgehead atoms. The Balaban J connectivity index is 2.20. The standard InChI is InChI=1S/C11H20N2O4/c1-11(17-2,8-3-4-8)7-13-10(16)12-6-5-9(14)15/h8H,3-7H2,1-2H3,(H,14,15)(H2,12,13,16). The van der Waals surface area contributed by atoms with Gasteiger partial charge in [-0.2, -0.15) is 0 Å². The largest absolute Gasteiger partial charge is 0.481 e. The van der Waals surface area contributed by atoms with Crippen molar-refractivity contribution in [3.8, 4) is 0 Å². The van der Waals surface area contributed by atoms with Crippen molar-refractivity contribution < 1.29 is 19.4 Å². The van der Waals surface area contributed by atoms with Gasteiger partial charge in [0, 0.05) is 20.2 Å². The van der Waals surface area contributed by atoms with Crippen LogP contribution in [-0.2, 0) is 9.53 Å². The number of ether oxygens (including phenoxy) is 1. The summed E-state index contributed by atoms with van der Waals surface area (Å²) in [5.41, 5.74) is -0.315. The second kappa shape index (κ2) is 5.86. The minimum Gasteiger partial charge on any atom is -0.481 e. The maximum absolute atomic E-state index is 11.4. The summed E-state index contributed by atoms with van der Waals surface area (Å²) in [7, 11) is 1.64. The van der Waals surface area contributed by atoms with Crippen LogP contribution in [0, 0.1) is 5.92 Å². The molecule has 98 valence electrons. The van der Waals surface area contributed by atoms with Crippen molar-refractivity contribution in [2.75, 3.05) is 20.2 Å². The summed E-state index contributed by atoms with van der Waals surface area (Å²) >= 11 is 0. The van der Waals surface area contributed by atoms with E-state index in [0.29, 0.717) is 12.5 Å². The Hall–Kier alpha value is -1.30. The van der Waals surface area contributed by atoms with Crippen LogP contribution in [0.25, 0.3) is 0 Å². The lowest BCUT2D eigenvalue weighted by atomic mass is 10.0. The highest BCUT2D eigenvalue weighted by molar-refractivity contribution is 5.75. The quantitative estimate of drug-likeness (QED) is 0.611. The number of carbonyl (C=O) groups excluding carboxylic acids is 1. The molecule has 1 fully saturated rings. The predicted molar refractivity (Wildman–Crippen MR) is 61.8 cm³/mol. The lowest BCUT2D eigenvalue weighted by molar-refractivity contribution is -0.136. The van der Waals surface area contributed by atoms with Gasteiger partial charge in [0.05, 0.1) is 12.0 Å². The van der Waals surface area contributed by atoms with Gasteiger partial charge in [-0.1, -0.05) is 0 Å². The third-order valence-electron chi connectivity index (χ3n) is 3.13. The molecule has 0 saturated heterocycles. The molecule has 3 N–H and O–H groups in total. The highest BCUT2D eigenvalue weighted by atomic mass is 16.5. The molecule has 0 aromatic heterocycles. The molecule has 0 aliphatic heterocycles. The number of carboxylic acid groups (broad SMARTS) is 1. The second-order valence-electron chi connectivity index (χ2n) is 4.54. The molecule has 1 atom stereocenters. The lowest BCUT2D eigenvalue weighted by Gasteiger charge is -2.28. The topological polar surface area (TPSA) is 87.7 Å². The van der Waals surface area contributed by atoms with Crippen molar-refractivity contribution in [2.45, 2.75) is 31.8 Å². The van der Waals surface area contributed by atoms with Gasteiger partial charge in [-0.15, -0.1) is 0 Å². The number of amides is 2. The van der Waals surface area contributed by atoms with Crippen molar-refractivity contribution in [2.24, 2.45) is 5.92 Å². The van der Waals surface area contributed by atoms with Crippen LogP contribution < -0.4 is 10.6 Å². The van der Waals surface area contributed by atoms with Crippen LogP contribution in [0.2, 0.25) is 0 Å². The number of carbonyl (C=O) groups is 2. The minimum atomic E-state index is -0.926. The van der Waals surface area contributed by atoms with E-state index in [2.05, 4.69) is 10.6 Å². The summed E-state index contributed by atoms with van der Waals surface area (Å²) in [6.07, 6.45) is 2.19. The maximum atomic E-state index is 11.4. The highest BCUT2D eigenvalue weighted by Gasteiger charge is 2.41. The highest BCUT2D eigenvalue weighted by Crippen LogP contribution is 2.41. The molecule has 17 heavy (non-hydrogen) atoms. The molecule has 1 unspecified atom stereocenters. The molecule has 6 heteroatoms. The Labute approximate surface area is 101 Å². The van der Waals surface area contributed by atoms with Crippen molar-refractivity contribution in [3.63, 3.8) is 0 Å². The van der Waals surface area contributed by atoms with Gasteiger partial charge in [-0.25, -0.2) is 4.79 Å². The van der Waals surface area contributed by atoms with Crippen LogP contribution in [-0.4, -0.2) is 42.9 Å². The van der Waals surface area contributed by atoms with Crippen LogP contribution in [0.1, 0.15) is 26.2 Å². The van der Waals surface area contributed by atoms with Crippen molar-refractivity contribution >= 4 is 12.0 Å². The molecule has 1 aliphatic rings. The summed E-state index contributed by atoms with van der Waals surface area (Å²) < 4.78 is 5.42. The first-order valence-electron chi connectivity index (χ1n) is 5.76. The van der Waals surface area contributed by atoms with Gasteiger partial charge >= 0.3 is 12.0 Å². The number of hydrogen-bond donors (Lipinski definition) is 3. The summed E-state index contributed by atoms with van der Waals surface area (Å²) in [4.78, 5) is 21.6. The summed E-state index contributed by atoms with van der Waals surface area (Å²) in [5.74, 6) is -0.420. The third-order valence-corrected chi connectivity index (χ3v) is 3.13. The number of urea groups is 1. The Kier molecular flexibility index (Phi) is 4.74. The fraction of sp³-hybridized carbons (Fsp3) is 0.818. The van der Waals surface area contributed by atoms with Crippen LogP contribution in [0.5, 0.6) is 0 Å². The SMILES string of the molecule is COC(C)(CNC(=O)NCCC(=O)O)C1CC1. The average Bonchev–Trinajstić information content (AvgIpc) is 3.09. The van der Waals surface area contributed by atoms with Crippen molar-refractivity contribution in [3.05, 3.63) is 0 Å². The van der Waals surface area contributed by atoms with E-state index in [4.69, 9.17) is 9.84 Å². The maximum Gasteiger partial charge on any atom is 0.314 e. The van der Waals surface area contributed by atoms with Crippen molar-refractivity contribution in [1.82, 2.24) is 10.6 Å². The smallest absolute Gasteiger partial charge is 0.314 e. The average molecular weight is 244 g/mol. The fourth-order valence-electron chi connectivity index (χ4n) is 1.68. The van der Waals surface area contributed by atoms with Gasteiger partial charge in [0.2, 0.25) is 0 Å². The molecular formula is C11H20N2O4. The zero-order valence-corrected chi connectivity index (χ0v) is 10.3. The van der Waals surface area contributed by atoms with Crippen LogP contribution in [0.15, 0.2) is 0 Å². The third kappa shape index (κ3) is 4.60. The summed E-state index contributed by atoms with van der Waals surface area (Å²) in [5, 5.41) is 13.6. The minimum absolute atomic E-state index is 0.0718. The first kappa shape index (κ1) is 13.8. The van der Waals surface area contributed by atoms with Crippen LogP contribution >= 0.6 is 0 Å². The van der Waals surface area contributed by atoms with E-state index in [0.717, 1.165) is 12.8 Å². The monoisotopic (exact) mass is 244 g/mol. The van der Waals surface area contributed by atoms with E-state index in [9.17, 15) is 9.59 Å². The molecule has 0 aromatic carbocycles. The zero-order chi connectivity index (χ0) is 12.9. The molecule has 1 rings (SSSR count). The van der Waals surface area contributed by atoms with Gasteiger partial charge in [-0.05, 0) is 25.7 Å². The second-order valence-corrected chi connectivity index (χ2v) is 4.54. The molecule has 0 aromatic rings. The van der Waals surface area contributed by atoms with Gasteiger partial charge in [0.15, 0.2) is 0 Å². The van der Waals surface area contributed by atoms with E-state index in [1.807, 2.05) is 6.92 Å². The van der Waals surface area contributed by atoms with E-state index in [1.54, 1.807) is 7.11 Å². The number of nitrogens with one attached hydrogen (secondary N) is 2. The normalized spacial score (nSPS) is 18.2. The van der Waals surface area contributed by atoms with Crippen molar-refractivity contribution in [1.29, 1.82) is 0 Å². The fourth-order valence-corrected chi connectivity index (χ4v) is 1.68. The van der Waals surface area contributed by atoms with Gasteiger partial charge in [-0.3, -0.25) is 4.79 Å². The molecule has 1 aliphatic carbocycles. The molecule has 1 saturated carbocycles. The number of hydrogen-bond acceptors (Lipinski definition) is 3. The van der Waals surface area contributed by atoms with Gasteiger partial charge < -0.3 is 20.5 Å². The summed E-state index contributed by atoms with van der Waals surface area (Å²) in [6.45, 7) is 2.55. The Morgan fingerprint density at radius 3 is 2.53 bits per heavy atom. The molecule has 0 spiro atoms. The number of methoxy groups -OCH3 is 1. The lowest BCUT2D eigenvalue weighted by Crippen LogP contribution is -2.47. The first-order chi connectivity index (χ1) is 7.98. The van der Waals surface area contributed by atoms with Crippen LogP contribution in [0.3, 0.4) is 0 Å². The number of carboxylic acids is 1. The van der Waals surface area contributed by atoms with E-state index in [-0.39, 0.29) is 24.6 Å². The molecule has 6 nitrogen and oxygen atoms in total. The van der Waals surface area contributed by atoms with E-state index >= 15 is 0 Å². The number of rotatable bonds is 7. The first-order valence-corrected chi connectivity index (χ1v) is 5.76. The van der Waals surface area contributed by atoms with Gasteiger partial charge in [0.1, 0.15) is 0 Å². The molecule has 2 amide bonds. The Morgan fingerprint density at radius 1 is 1.41 bits per heavy atom. The zero-order valence-electron chi connectivity index (χ0n) is 10.3. The van der Waals surface area contributed by atoms with Crippen LogP contribution in [0.4, 0.5) is 4.79 Å². The van der Waals surface area contributed by atoms with E-state index in [1.165, 1.54) is 0 Å². The molecular weight excluding hydrogens is 224 g/mol. The Bertz CT molecular complexity index is 291.